The first-order valence-electron chi connectivity index (χ1n) is 2.44. The SMILES string of the molecule is CO[n+]1ccccc1.[Cl-]. The predicted molar refractivity (Wildman–Crippen MR) is 29.1 cm³/mol. The molecule has 0 unspecified atom stereocenters. The summed E-state index contributed by atoms with van der Waals surface area (Å²) in [5.41, 5.74) is 0. The maximum absolute atomic E-state index is 4.83. The van der Waals surface area contributed by atoms with Gasteiger partial charge in [0.2, 0.25) is 12.4 Å². The first-order valence-corrected chi connectivity index (χ1v) is 2.44. The maximum Gasteiger partial charge on any atom is 0.222 e. The molecule has 3 heteroatoms. The average molecular weight is 146 g/mol. The quantitative estimate of drug-likeness (QED) is 0.385. The van der Waals surface area contributed by atoms with E-state index in [-0.39, 0.29) is 12.4 Å². The van der Waals surface area contributed by atoms with Crippen LogP contribution in [0.4, 0.5) is 0 Å². The molecule has 0 aliphatic heterocycles. The fourth-order valence-corrected chi connectivity index (χ4v) is 0.505. The van der Waals surface area contributed by atoms with Crippen molar-refractivity contribution in [2.24, 2.45) is 0 Å². The third-order valence-corrected chi connectivity index (χ3v) is 0.899. The summed E-state index contributed by atoms with van der Waals surface area (Å²) in [6.45, 7) is 0. The molecule has 0 saturated heterocycles. The molecule has 1 aromatic rings. The Morgan fingerprint density at radius 2 is 1.67 bits per heavy atom. The van der Waals surface area contributed by atoms with Gasteiger partial charge >= 0.3 is 0 Å². The van der Waals surface area contributed by atoms with Crippen LogP contribution in [0.3, 0.4) is 0 Å². The first kappa shape index (κ1) is 8.24. The molecule has 0 saturated carbocycles. The number of pyridine rings is 1. The number of aromatic nitrogens is 1. The van der Waals surface area contributed by atoms with E-state index in [1.54, 1.807) is 11.8 Å². The zero-order valence-corrected chi connectivity index (χ0v) is 5.88. The van der Waals surface area contributed by atoms with Crippen molar-refractivity contribution in [3.05, 3.63) is 30.6 Å². The van der Waals surface area contributed by atoms with Crippen LogP contribution in [-0.2, 0) is 0 Å². The summed E-state index contributed by atoms with van der Waals surface area (Å²) in [6.07, 6.45) is 3.67. The smallest absolute Gasteiger partial charge is 0.222 e. The Bertz CT molecular complexity index is 154. The highest BCUT2D eigenvalue weighted by molar-refractivity contribution is 4.83. The van der Waals surface area contributed by atoms with Gasteiger partial charge in [0.05, 0.1) is 0 Å². The van der Waals surface area contributed by atoms with Gasteiger partial charge in [-0.05, 0) is 0 Å². The monoisotopic (exact) mass is 145 g/mol. The molecule has 0 radical (unpaired) electrons. The fraction of sp³-hybridized carbons (Fsp3) is 0.167. The molecule has 0 N–H and O–H groups in total. The van der Waals surface area contributed by atoms with E-state index in [1.165, 1.54) is 0 Å². The normalized spacial score (nSPS) is 7.67. The van der Waals surface area contributed by atoms with Crippen molar-refractivity contribution in [2.75, 3.05) is 7.11 Å². The predicted octanol–water partition coefficient (Wildman–Crippen LogP) is -2.96. The van der Waals surface area contributed by atoms with Crippen LogP contribution in [0.5, 0.6) is 0 Å². The van der Waals surface area contributed by atoms with Crippen molar-refractivity contribution in [1.29, 1.82) is 0 Å². The minimum atomic E-state index is 0. The number of halogens is 1. The van der Waals surface area contributed by atoms with Crippen molar-refractivity contribution in [2.45, 2.75) is 0 Å². The van der Waals surface area contributed by atoms with E-state index in [9.17, 15) is 0 Å². The van der Waals surface area contributed by atoms with Crippen LogP contribution in [-0.4, -0.2) is 7.11 Å². The fourth-order valence-electron chi connectivity index (χ4n) is 0.505. The standard InChI is InChI=1S/C6H8NO.ClH/c1-8-7-5-3-2-4-6-7;/h2-6H,1H3;1H/q+1;/p-1. The lowest BCUT2D eigenvalue weighted by Gasteiger charge is -1.84. The molecular weight excluding hydrogens is 138 g/mol. The molecule has 1 aromatic heterocycles. The van der Waals surface area contributed by atoms with Crippen molar-refractivity contribution in [1.82, 2.24) is 0 Å². The Hall–Kier alpha value is -0.760. The molecule has 1 rings (SSSR count). The molecule has 0 aliphatic carbocycles. The van der Waals surface area contributed by atoms with Gasteiger partial charge < -0.3 is 12.4 Å². The second kappa shape index (κ2) is 4.15. The topological polar surface area (TPSA) is 13.1 Å². The Morgan fingerprint density at radius 1 is 1.11 bits per heavy atom. The molecule has 0 atom stereocenters. The zero-order chi connectivity index (χ0) is 5.82. The highest BCUT2D eigenvalue weighted by atomic mass is 35.5. The van der Waals surface area contributed by atoms with Crippen LogP contribution in [0.25, 0.3) is 0 Å². The summed E-state index contributed by atoms with van der Waals surface area (Å²) in [5, 5.41) is 0. The van der Waals surface area contributed by atoms with Gasteiger partial charge in [0.25, 0.3) is 0 Å². The van der Waals surface area contributed by atoms with Crippen molar-refractivity contribution in [3.63, 3.8) is 0 Å². The molecule has 50 valence electrons. The van der Waals surface area contributed by atoms with E-state index in [4.69, 9.17) is 4.84 Å². The molecule has 0 spiro atoms. The summed E-state index contributed by atoms with van der Waals surface area (Å²) < 4.78 is 1.62. The largest absolute Gasteiger partial charge is 1.00 e. The highest BCUT2D eigenvalue weighted by Crippen LogP contribution is 1.72. The van der Waals surface area contributed by atoms with E-state index in [1.807, 2.05) is 30.6 Å². The van der Waals surface area contributed by atoms with Gasteiger partial charge in [0, 0.05) is 16.9 Å². The third-order valence-electron chi connectivity index (χ3n) is 0.899. The lowest BCUT2D eigenvalue weighted by Crippen LogP contribution is -3.00. The first-order chi connectivity index (χ1) is 3.93. The van der Waals surface area contributed by atoms with Gasteiger partial charge in [-0.15, -0.1) is 0 Å². The third kappa shape index (κ3) is 2.33. The molecule has 0 fully saturated rings. The van der Waals surface area contributed by atoms with Crippen LogP contribution < -0.4 is 22.0 Å². The van der Waals surface area contributed by atoms with Gasteiger partial charge in [-0.2, -0.15) is 0 Å². The molecular formula is C6H8ClNO. The van der Waals surface area contributed by atoms with Gasteiger partial charge in [-0.3, -0.25) is 4.84 Å². The second-order valence-corrected chi connectivity index (χ2v) is 1.42. The molecule has 0 aliphatic rings. The summed E-state index contributed by atoms with van der Waals surface area (Å²) >= 11 is 0. The minimum Gasteiger partial charge on any atom is -1.00 e. The van der Waals surface area contributed by atoms with Crippen LogP contribution in [0, 0.1) is 0 Å². The lowest BCUT2D eigenvalue weighted by atomic mass is 10.5. The number of rotatable bonds is 1. The Kier molecular flexibility index (Phi) is 3.80. The van der Waals surface area contributed by atoms with Gasteiger partial charge in [-0.25, -0.2) is 0 Å². The molecule has 9 heavy (non-hydrogen) atoms. The Morgan fingerprint density at radius 3 is 2.00 bits per heavy atom. The molecule has 1 heterocycles. The van der Waals surface area contributed by atoms with Gasteiger partial charge in [0.1, 0.15) is 7.11 Å². The van der Waals surface area contributed by atoms with Crippen molar-refractivity contribution in [3.8, 4) is 0 Å². The van der Waals surface area contributed by atoms with Crippen LogP contribution >= 0.6 is 0 Å². The van der Waals surface area contributed by atoms with Crippen molar-refractivity contribution >= 4 is 0 Å². The van der Waals surface area contributed by atoms with E-state index >= 15 is 0 Å². The van der Waals surface area contributed by atoms with Crippen molar-refractivity contribution < 1.29 is 22.0 Å². The summed E-state index contributed by atoms with van der Waals surface area (Å²) in [5.74, 6) is 0. The summed E-state index contributed by atoms with van der Waals surface area (Å²) in [4.78, 5) is 4.83. The average Bonchev–Trinajstić information content (AvgIpc) is 1.90. The van der Waals surface area contributed by atoms with E-state index < -0.39 is 0 Å². The highest BCUT2D eigenvalue weighted by Gasteiger charge is 1.88. The summed E-state index contributed by atoms with van der Waals surface area (Å²) in [6, 6.07) is 5.75. The number of hydrogen-bond acceptors (Lipinski definition) is 1. The van der Waals surface area contributed by atoms with E-state index in [2.05, 4.69) is 0 Å². The second-order valence-electron chi connectivity index (χ2n) is 1.42. The number of hydrogen-bond donors (Lipinski definition) is 0. The van der Waals surface area contributed by atoms with E-state index in [0.717, 1.165) is 0 Å². The molecule has 0 bridgehead atoms. The Balaban J connectivity index is 0.000000640. The molecule has 0 amide bonds. The van der Waals surface area contributed by atoms with Crippen LogP contribution in [0.2, 0.25) is 0 Å². The van der Waals surface area contributed by atoms with Crippen LogP contribution in [0.15, 0.2) is 30.6 Å². The molecule has 2 nitrogen and oxygen atoms in total. The summed E-state index contributed by atoms with van der Waals surface area (Å²) in [7, 11) is 1.62. The number of nitrogens with zero attached hydrogens (tertiary/aromatic N) is 1. The van der Waals surface area contributed by atoms with Crippen LogP contribution in [0.1, 0.15) is 0 Å². The Labute approximate surface area is 60.4 Å². The van der Waals surface area contributed by atoms with Gasteiger partial charge in [0.15, 0.2) is 0 Å². The minimum absolute atomic E-state index is 0. The maximum atomic E-state index is 4.83. The molecule has 0 aromatic carbocycles. The van der Waals surface area contributed by atoms with E-state index in [0.29, 0.717) is 0 Å². The van der Waals surface area contributed by atoms with Gasteiger partial charge in [-0.1, -0.05) is 6.07 Å². The lowest BCUT2D eigenvalue weighted by molar-refractivity contribution is -0.885. The zero-order valence-electron chi connectivity index (χ0n) is 5.12.